The average molecular weight is 645 g/mol. The lowest BCUT2D eigenvalue weighted by atomic mass is 10.1. The Labute approximate surface area is 223 Å². The molecule has 0 aliphatic rings. The number of rotatable bonds is 6. The van der Waals surface area contributed by atoms with Crippen molar-refractivity contribution in [3.05, 3.63) is 84.7 Å². The van der Waals surface area contributed by atoms with Gasteiger partial charge in [0, 0.05) is 13.4 Å². The van der Waals surface area contributed by atoms with Crippen LogP contribution in [0.15, 0.2) is 68.0 Å². The lowest BCUT2D eigenvalue weighted by molar-refractivity contribution is 0.466. The lowest BCUT2D eigenvalue weighted by Crippen LogP contribution is -1.85. The Balaban J connectivity index is 0.000000249. The van der Waals surface area contributed by atoms with Crippen molar-refractivity contribution in [2.45, 2.75) is 59.3 Å². The van der Waals surface area contributed by atoms with E-state index in [-0.39, 0.29) is 0 Å². The minimum absolute atomic E-state index is 0.380. The predicted molar refractivity (Wildman–Crippen MR) is 149 cm³/mol. The van der Waals surface area contributed by atoms with Crippen LogP contribution in [0.3, 0.4) is 0 Å². The van der Waals surface area contributed by atoms with Gasteiger partial charge in [0.2, 0.25) is 0 Å². The molecule has 0 radical (unpaired) electrons. The molecule has 0 heterocycles. The first kappa shape index (κ1) is 29.5. The topological polar surface area (TPSA) is 60.7 Å². The van der Waals surface area contributed by atoms with Gasteiger partial charge in [0.25, 0.3) is 0 Å². The number of phenolic OH excluding ortho intramolecular Hbond substituents is 3. The number of aryl methyl sites for hydroxylation is 3. The first-order chi connectivity index (χ1) is 15.7. The second-order valence-electron chi connectivity index (χ2n) is 7.53. The fraction of sp³-hybridized carbons (Fsp3) is 0.333. The van der Waals surface area contributed by atoms with Crippen molar-refractivity contribution in [1.29, 1.82) is 0 Å². The van der Waals surface area contributed by atoms with Crippen LogP contribution < -0.4 is 0 Å². The number of halogens is 3. The monoisotopic (exact) mass is 642 g/mol. The zero-order chi connectivity index (χ0) is 24.8. The fourth-order valence-corrected chi connectivity index (χ4v) is 4.21. The van der Waals surface area contributed by atoms with Crippen LogP contribution in [-0.2, 0) is 19.3 Å². The molecule has 0 saturated carbocycles. The summed E-state index contributed by atoms with van der Waals surface area (Å²) in [5.41, 5.74) is 3.03. The molecule has 0 aliphatic heterocycles. The van der Waals surface area contributed by atoms with E-state index in [2.05, 4.69) is 61.6 Å². The van der Waals surface area contributed by atoms with E-state index in [0.717, 1.165) is 68.6 Å². The highest BCUT2D eigenvalue weighted by molar-refractivity contribution is 9.11. The number of benzene rings is 3. The summed E-state index contributed by atoms with van der Waals surface area (Å²) in [5, 5.41) is 28.0. The highest BCUT2D eigenvalue weighted by Gasteiger charge is 2.01. The summed E-state index contributed by atoms with van der Waals surface area (Å²) < 4.78 is 3.08. The predicted octanol–water partition coefficient (Wildman–Crippen LogP) is 9.32. The highest BCUT2D eigenvalue weighted by atomic mass is 79.9. The summed E-state index contributed by atoms with van der Waals surface area (Å²) >= 11 is 10.1. The van der Waals surface area contributed by atoms with E-state index < -0.39 is 0 Å². The van der Waals surface area contributed by atoms with Gasteiger partial charge in [-0.05, 0) is 97.0 Å². The zero-order valence-electron chi connectivity index (χ0n) is 19.4. The number of phenols is 3. The van der Waals surface area contributed by atoms with Crippen molar-refractivity contribution in [2.75, 3.05) is 0 Å². The molecule has 0 unspecified atom stereocenters. The molecular formula is C27H33Br3O3. The molecule has 6 heteroatoms. The smallest absolute Gasteiger partial charge is 0.118 e. The summed E-state index contributed by atoms with van der Waals surface area (Å²) in [4.78, 5) is 0. The van der Waals surface area contributed by atoms with Gasteiger partial charge in [-0.1, -0.05) is 81.4 Å². The molecular weight excluding hydrogens is 612 g/mol. The van der Waals surface area contributed by atoms with E-state index >= 15 is 0 Å². The maximum atomic E-state index is 9.44. The molecule has 0 bridgehead atoms. The minimum Gasteiger partial charge on any atom is -0.508 e. The third-order valence-corrected chi connectivity index (χ3v) is 6.30. The summed E-state index contributed by atoms with van der Waals surface area (Å²) in [5.74, 6) is 1.19. The maximum Gasteiger partial charge on any atom is 0.118 e. The molecule has 0 fully saturated rings. The van der Waals surface area contributed by atoms with E-state index in [0.29, 0.717) is 17.2 Å². The van der Waals surface area contributed by atoms with Crippen LogP contribution in [0.2, 0.25) is 0 Å². The van der Waals surface area contributed by atoms with E-state index in [9.17, 15) is 15.3 Å². The molecule has 3 rings (SSSR count). The Bertz CT molecular complexity index is 990. The minimum atomic E-state index is 0.380. The molecule has 3 nitrogen and oxygen atoms in total. The van der Waals surface area contributed by atoms with Crippen LogP contribution >= 0.6 is 47.8 Å². The molecule has 3 aromatic carbocycles. The number of unbranched alkanes of at least 4 members (excludes halogenated alkanes) is 1. The Hall–Kier alpha value is -1.50. The van der Waals surface area contributed by atoms with Gasteiger partial charge in [0.05, 0.1) is 0 Å². The van der Waals surface area contributed by atoms with E-state index in [1.165, 1.54) is 0 Å². The normalized spacial score (nSPS) is 10.0. The van der Waals surface area contributed by atoms with Crippen molar-refractivity contribution in [3.63, 3.8) is 0 Å². The van der Waals surface area contributed by atoms with E-state index in [1.807, 2.05) is 43.3 Å². The summed E-state index contributed by atoms with van der Waals surface area (Å²) in [6.45, 7) is 6.26. The van der Waals surface area contributed by atoms with Crippen molar-refractivity contribution in [3.8, 4) is 17.2 Å². The summed E-state index contributed by atoms with van der Waals surface area (Å²) in [7, 11) is 0. The summed E-state index contributed by atoms with van der Waals surface area (Å²) in [6.07, 6.45) is 6.11. The van der Waals surface area contributed by atoms with Gasteiger partial charge >= 0.3 is 0 Å². The number of hydrogen-bond donors (Lipinski definition) is 3. The molecule has 0 amide bonds. The van der Waals surface area contributed by atoms with Crippen molar-refractivity contribution < 1.29 is 15.3 Å². The van der Waals surface area contributed by atoms with Gasteiger partial charge in [0.1, 0.15) is 17.2 Å². The molecule has 0 aromatic heterocycles. The molecule has 3 aromatic rings. The van der Waals surface area contributed by atoms with Crippen LogP contribution in [0.1, 0.15) is 56.7 Å². The molecule has 33 heavy (non-hydrogen) atoms. The highest BCUT2D eigenvalue weighted by Crippen LogP contribution is 2.24. The van der Waals surface area contributed by atoms with Crippen molar-refractivity contribution >= 4 is 47.8 Å². The second-order valence-corrected chi connectivity index (χ2v) is 10.3. The van der Waals surface area contributed by atoms with Crippen molar-refractivity contribution in [2.24, 2.45) is 0 Å². The van der Waals surface area contributed by atoms with Gasteiger partial charge in [-0.3, -0.25) is 0 Å². The molecule has 180 valence electrons. The first-order valence-corrected chi connectivity index (χ1v) is 13.5. The molecule has 0 saturated heterocycles. The second kappa shape index (κ2) is 16.2. The quantitative estimate of drug-likeness (QED) is 0.251. The molecule has 3 N–H and O–H groups in total. The number of aromatic hydroxyl groups is 3. The Morgan fingerprint density at radius 1 is 0.545 bits per heavy atom. The van der Waals surface area contributed by atoms with Gasteiger partial charge < -0.3 is 15.3 Å². The van der Waals surface area contributed by atoms with E-state index in [1.54, 1.807) is 18.2 Å². The molecule has 0 aliphatic carbocycles. The third-order valence-electron chi connectivity index (χ3n) is 4.82. The van der Waals surface area contributed by atoms with Crippen molar-refractivity contribution in [1.82, 2.24) is 0 Å². The van der Waals surface area contributed by atoms with Crippen LogP contribution in [0, 0.1) is 0 Å². The van der Waals surface area contributed by atoms with E-state index in [4.69, 9.17) is 0 Å². The molecule has 0 spiro atoms. The van der Waals surface area contributed by atoms with Gasteiger partial charge in [-0.2, -0.15) is 0 Å². The van der Waals surface area contributed by atoms with Gasteiger partial charge in [-0.15, -0.1) is 0 Å². The van der Waals surface area contributed by atoms with Gasteiger partial charge in [0.15, 0.2) is 0 Å². The maximum absolute atomic E-state index is 9.44. The standard InChI is InChI=1S/C10H13BrO.C9H11BrO.C8H9BrO/c1-2-3-4-8-7-9(11)5-6-10(8)12;1-2-3-7-6-8(10)4-5-9(7)11;1-2-6-5-7(9)3-4-8(6)10/h5-7,12H,2-4H2,1H3;4-6,11H,2-3H2,1H3;3-5,10H,2H2,1H3. The number of hydrogen-bond acceptors (Lipinski definition) is 3. The Kier molecular flexibility index (Phi) is 14.5. The lowest BCUT2D eigenvalue weighted by Gasteiger charge is -2.03. The van der Waals surface area contributed by atoms with Crippen LogP contribution in [0.4, 0.5) is 0 Å². The Morgan fingerprint density at radius 3 is 1.30 bits per heavy atom. The van der Waals surface area contributed by atoms with Crippen LogP contribution in [-0.4, -0.2) is 15.3 Å². The Morgan fingerprint density at radius 2 is 0.939 bits per heavy atom. The zero-order valence-corrected chi connectivity index (χ0v) is 24.2. The fourth-order valence-electron chi connectivity index (χ4n) is 2.98. The van der Waals surface area contributed by atoms with Gasteiger partial charge in [-0.25, -0.2) is 0 Å². The van der Waals surface area contributed by atoms with Crippen LogP contribution in [0.25, 0.3) is 0 Å². The first-order valence-electron chi connectivity index (χ1n) is 11.1. The third kappa shape index (κ3) is 11.5. The van der Waals surface area contributed by atoms with Crippen LogP contribution in [0.5, 0.6) is 17.2 Å². The average Bonchev–Trinajstić information content (AvgIpc) is 2.79. The SMILES string of the molecule is CCCCc1cc(Br)ccc1O.CCCc1cc(Br)ccc1O.CCc1cc(Br)ccc1O. The molecule has 0 atom stereocenters. The summed E-state index contributed by atoms with van der Waals surface area (Å²) in [6, 6.07) is 16.5. The largest absolute Gasteiger partial charge is 0.508 e.